The number of rotatable bonds is 4. The largest absolute Gasteiger partial charge is 0.370 e. The van der Waals surface area contributed by atoms with Gasteiger partial charge in [0.1, 0.15) is 11.6 Å². The molecule has 6 heteroatoms. The lowest BCUT2D eigenvalue weighted by Gasteiger charge is -2.25. The highest BCUT2D eigenvalue weighted by Crippen LogP contribution is 2.17. The van der Waals surface area contributed by atoms with Gasteiger partial charge in [0.15, 0.2) is 0 Å². The van der Waals surface area contributed by atoms with Gasteiger partial charge in [0.2, 0.25) is 5.91 Å². The van der Waals surface area contributed by atoms with Gasteiger partial charge in [-0.2, -0.15) is 5.10 Å². The number of para-hydroxylation sites is 1. The van der Waals surface area contributed by atoms with Crippen LogP contribution in [0.2, 0.25) is 0 Å². The Morgan fingerprint density at radius 1 is 1.12 bits per heavy atom. The van der Waals surface area contributed by atoms with Gasteiger partial charge in [-0.1, -0.05) is 25.1 Å². The second kappa shape index (κ2) is 7.68. The fourth-order valence-corrected chi connectivity index (χ4v) is 3.42. The van der Waals surface area contributed by atoms with Gasteiger partial charge in [-0.05, 0) is 32.4 Å². The SMILES string of the molecule is Cc1nc(C)n(CC(C)C(=O)N2CCCN(c3ccccc3)CC2)n1. The topological polar surface area (TPSA) is 54.3 Å². The monoisotopic (exact) mass is 341 g/mol. The second-order valence-corrected chi connectivity index (χ2v) is 6.79. The van der Waals surface area contributed by atoms with Crippen LogP contribution in [0.15, 0.2) is 30.3 Å². The number of hydrogen-bond donors (Lipinski definition) is 0. The van der Waals surface area contributed by atoms with Crippen molar-refractivity contribution < 1.29 is 4.79 Å². The quantitative estimate of drug-likeness (QED) is 0.856. The van der Waals surface area contributed by atoms with E-state index >= 15 is 0 Å². The molecule has 1 atom stereocenters. The van der Waals surface area contributed by atoms with Crippen molar-refractivity contribution in [1.29, 1.82) is 0 Å². The molecule has 0 bridgehead atoms. The van der Waals surface area contributed by atoms with E-state index in [1.165, 1.54) is 5.69 Å². The van der Waals surface area contributed by atoms with E-state index in [9.17, 15) is 4.79 Å². The van der Waals surface area contributed by atoms with E-state index in [-0.39, 0.29) is 11.8 Å². The molecule has 0 radical (unpaired) electrons. The molecular formula is C19H27N5O. The molecule has 6 nitrogen and oxygen atoms in total. The summed E-state index contributed by atoms with van der Waals surface area (Å²) in [4.78, 5) is 21.5. The number of aryl methyl sites for hydroxylation is 2. The molecule has 1 fully saturated rings. The van der Waals surface area contributed by atoms with E-state index < -0.39 is 0 Å². The maximum absolute atomic E-state index is 12.9. The average Bonchev–Trinajstić information content (AvgIpc) is 2.80. The van der Waals surface area contributed by atoms with Gasteiger partial charge in [-0.25, -0.2) is 9.67 Å². The van der Waals surface area contributed by atoms with Crippen molar-refractivity contribution in [2.45, 2.75) is 33.7 Å². The molecule has 1 unspecified atom stereocenters. The maximum atomic E-state index is 12.9. The molecule has 2 aromatic rings. The molecule has 0 spiro atoms. The van der Waals surface area contributed by atoms with Crippen LogP contribution in [0, 0.1) is 19.8 Å². The van der Waals surface area contributed by atoms with Crippen LogP contribution in [0.25, 0.3) is 0 Å². The third-order valence-electron chi connectivity index (χ3n) is 4.76. The first-order valence-corrected chi connectivity index (χ1v) is 9.01. The first-order valence-electron chi connectivity index (χ1n) is 9.01. The molecule has 25 heavy (non-hydrogen) atoms. The van der Waals surface area contributed by atoms with E-state index in [0.717, 1.165) is 44.2 Å². The van der Waals surface area contributed by atoms with Crippen molar-refractivity contribution in [1.82, 2.24) is 19.7 Å². The van der Waals surface area contributed by atoms with E-state index in [1.54, 1.807) is 0 Å². The third kappa shape index (κ3) is 4.18. The molecule has 0 saturated carbocycles. The molecule has 1 saturated heterocycles. The van der Waals surface area contributed by atoms with Crippen LogP contribution < -0.4 is 4.90 Å². The van der Waals surface area contributed by atoms with Crippen molar-refractivity contribution in [3.63, 3.8) is 0 Å². The van der Waals surface area contributed by atoms with Crippen molar-refractivity contribution in [2.75, 3.05) is 31.1 Å². The van der Waals surface area contributed by atoms with Crippen LogP contribution in [0.1, 0.15) is 25.0 Å². The molecule has 3 rings (SSSR count). The number of amides is 1. The van der Waals surface area contributed by atoms with Crippen LogP contribution in [0.5, 0.6) is 0 Å². The summed E-state index contributed by atoms with van der Waals surface area (Å²) >= 11 is 0. The molecule has 1 aliphatic heterocycles. The Morgan fingerprint density at radius 2 is 1.88 bits per heavy atom. The zero-order valence-electron chi connectivity index (χ0n) is 15.4. The van der Waals surface area contributed by atoms with Crippen molar-refractivity contribution in [3.8, 4) is 0 Å². The Hall–Kier alpha value is -2.37. The number of hydrogen-bond acceptors (Lipinski definition) is 4. The third-order valence-corrected chi connectivity index (χ3v) is 4.76. The molecule has 1 aromatic heterocycles. The van der Waals surface area contributed by atoms with Crippen molar-refractivity contribution >= 4 is 11.6 Å². The van der Waals surface area contributed by atoms with Crippen LogP contribution >= 0.6 is 0 Å². The lowest BCUT2D eigenvalue weighted by atomic mass is 10.1. The van der Waals surface area contributed by atoms with Crippen molar-refractivity contribution in [3.05, 3.63) is 42.0 Å². The zero-order valence-corrected chi connectivity index (χ0v) is 15.4. The minimum atomic E-state index is -0.0944. The fraction of sp³-hybridized carbons (Fsp3) is 0.526. The van der Waals surface area contributed by atoms with Gasteiger partial charge < -0.3 is 9.80 Å². The maximum Gasteiger partial charge on any atom is 0.227 e. The minimum Gasteiger partial charge on any atom is -0.370 e. The molecule has 1 amide bonds. The molecule has 1 aromatic carbocycles. The molecular weight excluding hydrogens is 314 g/mol. The van der Waals surface area contributed by atoms with Gasteiger partial charge in [0.05, 0.1) is 12.5 Å². The van der Waals surface area contributed by atoms with E-state index in [4.69, 9.17) is 0 Å². The number of nitrogens with zero attached hydrogens (tertiary/aromatic N) is 5. The molecule has 0 aliphatic carbocycles. The first kappa shape index (κ1) is 17.5. The minimum absolute atomic E-state index is 0.0944. The zero-order chi connectivity index (χ0) is 17.8. The lowest BCUT2D eigenvalue weighted by molar-refractivity contribution is -0.135. The number of carbonyl (C=O) groups is 1. The predicted molar refractivity (Wildman–Crippen MR) is 98.5 cm³/mol. The van der Waals surface area contributed by atoms with E-state index in [0.29, 0.717) is 6.54 Å². The highest BCUT2D eigenvalue weighted by Gasteiger charge is 2.24. The lowest BCUT2D eigenvalue weighted by Crippen LogP contribution is -2.39. The van der Waals surface area contributed by atoms with E-state index in [2.05, 4.69) is 39.2 Å². The van der Waals surface area contributed by atoms with Gasteiger partial charge >= 0.3 is 0 Å². The Morgan fingerprint density at radius 3 is 2.56 bits per heavy atom. The Labute approximate surface area is 149 Å². The number of anilines is 1. The van der Waals surface area contributed by atoms with Gasteiger partial charge in [-0.3, -0.25) is 4.79 Å². The van der Waals surface area contributed by atoms with Gasteiger partial charge in [-0.15, -0.1) is 0 Å². The second-order valence-electron chi connectivity index (χ2n) is 6.79. The number of aromatic nitrogens is 3. The summed E-state index contributed by atoms with van der Waals surface area (Å²) in [6.07, 6.45) is 0.995. The van der Waals surface area contributed by atoms with Crippen molar-refractivity contribution in [2.24, 2.45) is 5.92 Å². The standard InChI is InChI=1S/C19H27N5O/c1-15(14-24-17(3)20-16(2)21-24)19(25)23-11-7-10-22(12-13-23)18-8-5-4-6-9-18/h4-6,8-9,15H,7,10-14H2,1-3H3. The number of carbonyl (C=O) groups excluding carboxylic acids is 1. The fourth-order valence-electron chi connectivity index (χ4n) is 3.42. The Balaban J connectivity index is 1.60. The Bertz CT molecular complexity index is 712. The molecule has 2 heterocycles. The molecule has 134 valence electrons. The average molecular weight is 341 g/mol. The highest BCUT2D eigenvalue weighted by atomic mass is 16.2. The van der Waals surface area contributed by atoms with Crippen LogP contribution in [0.3, 0.4) is 0 Å². The summed E-state index contributed by atoms with van der Waals surface area (Å²) in [5, 5.41) is 4.37. The van der Waals surface area contributed by atoms with Crippen LogP contribution in [0.4, 0.5) is 5.69 Å². The summed E-state index contributed by atoms with van der Waals surface area (Å²) in [6.45, 7) is 9.84. The predicted octanol–water partition coefficient (Wildman–Crippen LogP) is 2.27. The van der Waals surface area contributed by atoms with E-state index in [1.807, 2.05) is 36.4 Å². The van der Waals surface area contributed by atoms with Crippen LogP contribution in [-0.2, 0) is 11.3 Å². The summed E-state index contributed by atoms with van der Waals surface area (Å²) in [6, 6.07) is 10.4. The first-order chi connectivity index (χ1) is 12.0. The summed E-state index contributed by atoms with van der Waals surface area (Å²) < 4.78 is 1.84. The summed E-state index contributed by atoms with van der Waals surface area (Å²) in [7, 11) is 0. The van der Waals surface area contributed by atoms with Gasteiger partial charge in [0, 0.05) is 31.9 Å². The highest BCUT2D eigenvalue weighted by molar-refractivity contribution is 5.78. The molecule has 0 N–H and O–H groups in total. The smallest absolute Gasteiger partial charge is 0.227 e. The van der Waals surface area contributed by atoms with Gasteiger partial charge in [0.25, 0.3) is 0 Å². The normalized spacial score (nSPS) is 16.6. The summed E-state index contributed by atoms with van der Waals surface area (Å²) in [5.74, 6) is 1.74. The van der Waals surface area contributed by atoms with Crippen LogP contribution in [-0.4, -0.2) is 51.8 Å². The number of benzene rings is 1. The Kier molecular flexibility index (Phi) is 5.36. The molecule has 1 aliphatic rings. The summed E-state index contributed by atoms with van der Waals surface area (Å²) in [5.41, 5.74) is 1.23.